The second-order valence-corrected chi connectivity index (χ2v) is 10.4. The van der Waals surface area contributed by atoms with Crippen molar-refractivity contribution < 1.29 is 17.7 Å². The average molecular weight is 421 g/mol. The van der Waals surface area contributed by atoms with Gasteiger partial charge in [0.05, 0.1) is 11.4 Å². The molecule has 2 heterocycles. The van der Waals surface area contributed by atoms with Crippen molar-refractivity contribution in [2.45, 2.75) is 57.4 Å². The Labute approximate surface area is 171 Å². The number of nitrogens with one attached hydrogen (secondary N) is 1. The monoisotopic (exact) mass is 420 g/mol. The van der Waals surface area contributed by atoms with Crippen molar-refractivity contribution in [2.75, 3.05) is 13.1 Å². The largest absolute Gasteiger partial charge is 0.348 e. The maximum absolute atomic E-state index is 12.8. The summed E-state index contributed by atoms with van der Waals surface area (Å²) >= 11 is 0. The highest BCUT2D eigenvalue weighted by Crippen LogP contribution is 2.24. The third-order valence-electron chi connectivity index (χ3n) is 5.01. The van der Waals surface area contributed by atoms with Crippen LogP contribution in [0.4, 0.5) is 0 Å². The number of hydrogen-bond acceptors (Lipinski definition) is 6. The lowest BCUT2D eigenvalue weighted by Gasteiger charge is -2.30. The van der Waals surface area contributed by atoms with E-state index in [0.29, 0.717) is 37.6 Å². The molecule has 9 heteroatoms. The van der Waals surface area contributed by atoms with Crippen molar-refractivity contribution >= 4 is 15.9 Å². The summed E-state index contributed by atoms with van der Waals surface area (Å²) in [7, 11) is -3.53. The Morgan fingerprint density at radius 1 is 1.21 bits per heavy atom. The van der Waals surface area contributed by atoms with Crippen LogP contribution in [0.1, 0.15) is 50.9 Å². The van der Waals surface area contributed by atoms with Crippen LogP contribution in [0.2, 0.25) is 0 Å². The van der Waals surface area contributed by atoms with Gasteiger partial charge in [-0.25, -0.2) is 8.42 Å². The molecule has 0 unspecified atom stereocenters. The highest BCUT2D eigenvalue weighted by molar-refractivity contribution is 7.89. The molecule has 29 heavy (non-hydrogen) atoms. The predicted octanol–water partition coefficient (Wildman–Crippen LogP) is 2.39. The van der Waals surface area contributed by atoms with Crippen molar-refractivity contribution in [3.8, 4) is 0 Å². The van der Waals surface area contributed by atoms with Crippen molar-refractivity contribution in [3.63, 3.8) is 0 Å². The molecule has 0 spiro atoms. The summed E-state index contributed by atoms with van der Waals surface area (Å²) in [4.78, 5) is 17.1. The highest BCUT2D eigenvalue weighted by atomic mass is 32.2. The number of aromatic nitrogens is 2. The first kappa shape index (κ1) is 21.4. The number of aryl methyl sites for hydroxylation is 1. The zero-order valence-electron chi connectivity index (χ0n) is 17.3. The summed E-state index contributed by atoms with van der Waals surface area (Å²) in [6.45, 7) is 8.68. The Hall–Kier alpha value is -2.26. The second-order valence-electron chi connectivity index (χ2n) is 8.47. The number of carbonyl (C=O) groups excluding carboxylic acids is 1. The van der Waals surface area contributed by atoms with E-state index in [0.717, 1.165) is 5.56 Å². The van der Waals surface area contributed by atoms with Gasteiger partial charge in [0.2, 0.25) is 21.8 Å². The van der Waals surface area contributed by atoms with Crippen LogP contribution in [0.25, 0.3) is 0 Å². The first-order valence-electron chi connectivity index (χ1n) is 9.75. The fourth-order valence-corrected chi connectivity index (χ4v) is 4.63. The maximum Gasteiger partial charge on any atom is 0.243 e. The fraction of sp³-hybridized carbons (Fsp3) is 0.550. The molecule has 3 rings (SSSR count). The summed E-state index contributed by atoms with van der Waals surface area (Å²) in [5, 5.41) is 6.73. The standard InChI is InChI=1S/C20H28N4O4S/c1-14-5-7-16(8-6-14)29(26,27)24-11-9-15(10-12-24)18(25)21-13-17-22-19(28-23-17)20(2,3)4/h5-8,15H,9-13H2,1-4H3,(H,21,25). The minimum absolute atomic E-state index is 0.112. The molecule has 2 aromatic rings. The molecule has 0 atom stereocenters. The molecule has 1 aromatic carbocycles. The van der Waals surface area contributed by atoms with Gasteiger partial charge in [-0.2, -0.15) is 9.29 Å². The van der Waals surface area contributed by atoms with Crippen molar-refractivity contribution in [1.82, 2.24) is 19.8 Å². The number of carbonyl (C=O) groups is 1. The van der Waals surface area contributed by atoms with Crippen molar-refractivity contribution in [3.05, 3.63) is 41.5 Å². The topological polar surface area (TPSA) is 105 Å². The second kappa shape index (κ2) is 8.23. The zero-order chi connectivity index (χ0) is 21.2. The number of nitrogens with zero attached hydrogens (tertiary/aromatic N) is 3. The molecule has 1 aliphatic rings. The van der Waals surface area contributed by atoms with Crippen LogP contribution < -0.4 is 5.32 Å². The average Bonchev–Trinajstić information content (AvgIpc) is 3.16. The molecule has 1 N–H and O–H groups in total. The van der Waals surface area contributed by atoms with Crippen LogP contribution in [-0.2, 0) is 26.8 Å². The van der Waals surface area contributed by atoms with Crippen molar-refractivity contribution in [2.24, 2.45) is 5.92 Å². The van der Waals surface area contributed by atoms with E-state index in [-0.39, 0.29) is 28.7 Å². The molecule has 1 aromatic heterocycles. The van der Waals surface area contributed by atoms with Gasteiger partial charge >= 0.3 is 0 Å². The third kappa shape index (κ3) is 5.02. The van der Waals surface area contributed by atoms with E-state index in [1.165, 1.54) is 4.31 Å². The molecule has 1 saturated heterocycles. The van der Waals surface area contributed by atoms with Crippen molar-refractivity contribution in [1.29, 1.82) is 0 Å². The molecule has 1 amide bonds. The molecule has 0 radical (unpaired) electrons. The summed E-state index contributed by atoms with van der Waals surface area (Å²) in [6.07, 6.45) is 0.965. The van der Waals surface area contributed by atoms with Crippen LogP contribution in [0.3, 0.4) is 0 Å². The number of amides is 1. The van der Waals surface area contributed by atoms with Crippen LogP contribution in [-0.4, -0.2) is 41.9 Å². The number of rotatable bonds is 5. The zero-order valence-corrected chi connectivity index (χ0v) is 18.1. The van der Waals surface area contributed by atoms with E-state index >= 15 is 0 Å². The maximum atomic E-state index is 12.8. The highest BCUT2D eigenvalue weighted by Gasteiger charge is 2.32. The number of sulfonamides is 1. The molecule has 158 valence electrons. The van der Waals surface area contributed by atoms with Gasteiger partial charge in [-0.1, -0.05) is 43.6 Å². The van der Waals surface area contributed by atoms with E-state index in [1.807, 2.05) is 27.7 Å². The minimum atomic E-state index is -3.53. The first-order chi connectivity index (χ1) is 13.6. The van der Waals surface area contributed by atoms with Gasteiger partial charge in [-0.05, 0) is 31.9 Å². The van der Waals surface area contributed by atoms with E-state index < -0.39 is 10.0 Å². The smallest absolute Gasteiger partial charge is 0.243 e. The molecular formula is C20H28N4O4S. The lowest BCUT2D eigenvalue weighted by atomic mass is 9.97. The van der Waals surface area contributed by atoms with Crippen LogP contribution in [0.5, 0.6) is 0 Å². The van der Waals surface area contributed by atoms with Crippen LogP contribution >= 0.6 is 0 Å². The third-order valence-corrected chi connectivity index (χ3v) is 6.93. The normalized spacial score (nSPS) is 16.7. The van der Waals surface area contributed by atoms with E-state index in [2.05, 4.69) is 15.5 Å². The fourth-order valence-electron chi connectivity index (χ4n) is 3.16. The van der Waals surface area contributed by atoms with Gasteiger partial charge in [0.15, 0.2) is 5.82 Å². The number of benzene rings is 1. The van der Waals surface area contributed by atoms with Gasteiger partial charge in [-0.3, -0.25) is 4.79 Å². The Bertz CT molecular complexity index is 953. The Balaban J connectivity index is 1.53. The lowest BCUT2D eigenvalue weighted by Crippen LogP contribution is -2.42. The minimum Gasteiger partial charge on any atom is -0.348 e. The predicted molar refractivity (Wildman–Crippen MR) is 108 cm³/mol. The molecular weight excluding hydrogens is 392 g/mol. The summed E-state index contributed by atoms with van der Waals surface area (Å²) in [6, 6.07) is 6.83. The Morgan fingerprint density at radius 3 is 2.38 bits per heavy atom. The van der Waals surface area contributed by atoms with Gasteiger partial charge < -0.3 is 9.84 Å². The quantitative estimate of drug-likeness (QED) is 0.796. The molecule has 0 aliphatic carbocycles. The summed E-state index contributed by atoms with van der Waals surface area (Å²) in [5.41, 5.74) is 0.765. The van der Waals surface area contributed by atoms with Gasteiger partial charge in [0, 0.05) is 24.4 Å². The number of piperidine rings is 1. The SMILES string of the molecule is Cc1ccc(S(=O)(=O)N2CCC(C(=O)NCc3noc(C(C)(C)C)n3)CC2)cc1. The summed E-state index contributed by atoms with van der Waals surface area (Å²) < 4.78 is 32.2. The Kier molecular flexibility index (Phi) is 6.09. The van der Waals surface area contributed by atoms with Gasteiger partial charge in [0.25, 0.3) is 0 Å². The Morgan fingerprint density at radius 2 is 1.83 bits per heavy atom. The lowest BCUT2D eigenvalue weighted by molar-refractivity contribution is -0.126. The van der Waals surface area contributed by atoms with Crippen LogP contribution in [0.15, 0.2) is 33.7 Å². The molecule has 1 fully saturated rings. The molecule has 0 saturated carbocycles. The molecule has 1 aliphatic heterocycles. The van der Waals surface area contributed by atoms with Gasteiger partial charge in [0.1, 0.15) is 0 Å². The summed E-state index contributed by atoms with van der Waals surface area (Å²) in [5.74, 6) is 0.618. The number of hydrogen-bond donors (Lipinski definition) is 1. The molecule has 8 nitrogen and oxygen atoms in total. The van der Waals surface area contributed by atoms with E-state index in [4.69, 9.17) is 4.52 Å². The van der Waals surface area contributed by atoms with E-state index in [1.54, 1.807) is 24.3 Å². The van der Waals surface area contributed by atoms with Gasteiger partial charge in [-0.15, -0.1) is 0 Å². The first-order valence-corrected chi connectivity index (χ1v) is 11.2. The van der Waals surface area contributed by atoms with E-state index in [9.17, 15) is 13.2 Å². The van der Waals surface area contributed by atoms with Crippen LogP contribution in [0, 0.1) is 12.8 Å². The molecule has 0 bridgehead atoms.